The number of para-hydroxylation sites is 1. The fourth-order valence-corrected chi connectivity index (χ4v) is 5.55. The molecule has 184 valence electrons. The lowest BCUT2D eigenvalue weighted by atomic mass is 10.1. The summed E-state index contributed by atoms with van der Waals surface area (Å²) in [6, 6.07) is 5.66. The summed E-state index contributed by atoms with van der Waals surface area (Å²) in [5.41, 5.74) is 5.16. The van der Waals surface area contributed by atoms with Gasteiger partial charge in [0, 0.05) is 19.2 Å². The molecular weight excluding hydrogens is 426 g/mol. The molecule has 1 aromatic carbocycles. The van der Waals surface area contributed by atoms with Crippen molar-refractivity contribution in [2.24, 2.45) is 5.73 Å². The van der Waals surface area contributed by atoms with Gasteiger partial charge in [0.2, 0.25) is 10.0 Å². The summed E-state index contributed by atoms with van der Waals surface area (Å²) in [6.45, 7) is 3.72. The molecule has 0 amide bonds. The van der Waals surface area contributed by atoms with Crippen LogP contribution in [0.4, 0.5) is 5.69 Å². The lowest BCUT2D eigenvalue weighted by Crippen LogP contribution is -2.33. The topological polar surface area (TPSA) is 107 Å². The largest absolute Gasteiger partial charge is 0.330 e. The van der Waals surface area contributed by atoms with Gasteiger partial charge in [-0.3, -0.25) is 10.1 Å². The molecule has 8 heteroatoms. The van der Waals surface area contributed by atoms with E-state index in [0.717, 1.165) is 57.9 Å². The third-order valence-corrected chi connectivity index (χ3v) is 7.75. The Morgan fingerprint density at radius 2 is 1.28 bits per heavy atom. The minimum atomic E-state index is -3.89. The number of rotatable bonds is 20. The lowest BCUT2D eigenvalue weighted by Gasteiger charge is -2.22. The highest BCUT2D eigenvalue weighted by atomic mass is 32.2. The average Bonchev–Trinajstić information content (AvgIpc) is 2.78. The summed E-state index contributed by atoms with van der Waals surface area (Å²) in [5.74, 6) is 0. The van der Waals surface area contributed by atoms with Crippen molar-refractivity contribution in [3.05, 3.63) is 34.4 Å². The number of benzene rings is 1. The smallest absolute Gasteiger partial charge is 0.289 e. The van der Waals surface area contributed by atoms with Crippen molar-refractivity contribution in [2.45, 2.75) is 102 Å². The normalized spacial score (nSPS) is 11.8. The third kappa shape index (κ3) is 10.9. The molecule has 0 aliphatic heterocycles. The summed E-state index contributed by atoms with van der Waals surface area (Å²) in [6.07, 6.45) is 15.2. The van der Waals surface area contributed by atoms with E-state index in [1.54, 1.807) is 6.07 Å². The molecule has 7 nitrogen and oxygen atoms in total. The molecule has 0 aromatic heterocycles. The number of hydrogen-bond donors (Lipinski definition) is 1. The van der Waals surface area contributed by atoms with Crippen LogP contribution in [-0.4, -0.2) is 37.3 Å². The van der Waals surface area contributed by atoms with Gasteiger partial charge in [-0.05, 0) is 31.9 Å². The fraction of sp³-hybridized carbons (Fsp3) is 0.750. The number of hydrogen-bond acceptors (Lipinski definition) is 5. The monoisotopic (exact) mass is 469 g/mol. The van der Waals surface area contributed by atoms with E-state index in [1.165, 1.54) is 61.0 Å². The first-order valence-electron chi connectivity index (χ1n) is 12.4. The van der Waals surface area contributed by atoms with Crippen LogP contribution in [0.3, 0.4) is 0 Å². The van der Waals surface area contributed by atoms with Crippen LogP contribution in [0.25, 0.3) is 0 Å². The maximum atomic E-state index is 13.2. The predicted octanol–water partition coefficient (Wildman–Crippen LogP) is 6.03. The Bertz CT molecular complexity index is 741. The molecule has 0 saturated heterocycles. The molecule has 0 spiro atoms. The van der Waals surface area contributed by atoms with Gasteiger partial charge in [-0.2, -0.15) is 4.31 Å². The van der Waals surface area contributed by atoms with Crippen LogP contribution in [0, 0.1) is 10.1 Å². The first-order chi connectivity index (χ1) is 15.4. The summed E-state index contributed by atoms with van der Waals surface area (Å²) < 4.78 is 28.0. The van der Waals surface area contributed by atoms with Crippen molar-refractivity contribution < 1.29 is 13.3 Å². The van der Waals surface area contributed by atoms with Crippen molar-refractivity contribution in [1.29, 1.82) is 0 Å². The quantitative estimate of drug-likeness (QED) is 0.143. The van der Waals surface area contributed by atoms with Crippen molar-refractivity contribution in [2.75, 3.05) is 19.6 Å². The SMILES string of the molecule is CCCCCCN(CCCCCCCCCCCCN)S(=O)(=O)c1ccccc1[N+](=O)[O-]. The highest BCUT2D eigenvalue weighted by Crippen LogP contribution is 2.27. The molecule has 0 aliphatic rings. The molecule has 1 rings (SSSR count). The average molecular weight is 470 g/mol. The molecule has 32 heavy (non-hydrogen) atoms. The standard InChI is InChI=1S/C24H43N3O4S/c1-2-3-4-16-21-26(22-17-12-10-8-6-5-7-9-11-15-20-25)32(30,31)24-19-14-13-18-23(24)27(28)29/h13-14,18-19H,2-12,15-17,20-22,25H2,1H3. The first kappa shape index (κ1) is 28.5. The number of nitro groups is 1. The molecular formula is C24H43N3O4S. The molecule has 0 atom stereocenters. The van der Waals surface area contributed by atoms with Crippen LogP contribution in [0.5, 0.6) is 0 Å². The van der Waals surface area contributed by atoms with Gasteiger partial charge in [0.25, 0.3) is 5.69 Å². The number of nitrogens with zero attached hydrogens (tertiary/aromatic N) is 2. The van der Waals surface area contributed by atoms with Crippen LogP contribution in [0.15, 0.2) is 29.2 Å². The molecule has 0 fully saturated rings. The Morgan fingerprint density at radius 3 is 1.78 bits per heavy atom. The van der Waals surface area contributed by atoms with Crippen LogP contribution in [-0.2, 0) is 10.0 Å². The van der Waals surface area contributed by atoms with E-state index >= 15 is 0 Å². The molecule has 0 unspecified atom stereocenters. The fourth-order valence-electron chi connectivity index (χ4n) is 3.88. The van der Waals surface area contributed by atoms with Gasteiger partial charge < -0.3 is 5.73 Å². The Kier molecular flexibility index (Phi) is 15.2. The second kappa shape index (κ2) is 17.0. The number of nitrogens with two attached hydrogens (primary N) is 1. The Morgan fingerprint density at radius 1 is 0.812 bits per heavy atom. The molecule has 0 bridgehead atoms. The minimum Gasteiger partial charge on any atom is -0.330 e. The van der Waals surface area contributed by atoms with Crippen molar-refractivity contribution in [1.82, 2.24) is 4.31 Å². The van der Waals surface area contributed by atoms with E-state index in [1.807, 2.05) is 0 Å². The highest BCUT2D eigenvalue weighted by molar-refractivity contribution is 7.89. The van der Waals surface area contributed by atoms with Crippen molar-refractivity contribution in [3.8, 4) is 0 Å². The Hall–Kier alpha value is -1.51. The van der Waals surface area contributed by atoms with Crippen LogP contribution in [0.1, 0.15) is 96.8 Å². The van der Waals surface area contributed by atoms with Crippen molar-refractivity contribution in [3.63, 3.8) is 0 Å². The zero-order chi connectivity index (χ0) is 23.7. The molecule has 0 aliphatic carbocycles. The van der Waals surface area contributed by atoms with E-state index in [0.29, 0.717) is 13.1 Å². The first-order valence-corrected chi connectivity index (χ1v) is 13.8. The Balaban J connectivity index is 2.56. The highest BCUT2D eigenvalue weighted by Gasteiger charge is 2.30. The second-order valence-corrected chi connectivity index (χ2v) is 10.4. The predicted molar refractivity (Wildman–Crippen MR) is 131 cm³/mol. The molecule has 0 radical (unpaired) electrons. The number of nitro benzene ring substituents is 1. The molecule has 1 aromatic rings. The number of unbranched alkanes of at least 4 members (excludes halogenated alkanes) is 12. The summed E-state index contributed by atoms with van der Waals surface area (Å²) in [7, 11) is -3.89. The maximum absolute atomic E-state index is 13.2. The molecule has 0 saturated carbocycles. The van der Waals surface area contributed by atoms with Gasteiger partial charge in [0.1, 0.15) is 0 Å². The summed E-state index contributed by atoms with van der Waals surface area (Å²) >= 11 is 0. The zero-order valence-corrected chi connectivity index (χ0v) is 20.7. The van der Waals surface area contributed by atoms with E-state index < -0.39 is 14.9 Å². The van der Waals surface area contributed by atoms with Gasteiger partial charge in [0.05, 0.1) is 4.92 Å². The molecule has 0 heterocycles. The van der Waals surface area contributed by atoms with E-state index in [-0.39, 0.29) is 10.6 Å². The lowest BCUT2D eigenvalue weighted by molar-refractivity contribution is -0.387. The van der Waals surface area contributed by atoms with E-state index in [2.05, 4.69) is 6.92 Å². The molecule has 2 N–H and O–H groups in total. The van der Waals surface area contributed by atoms with Crippen molar-refractivity contribution >= 4 is 15.7 Å². The van der Waals surface area contributed by atoms with Crippen LogP contribution >= 0.6 is 0 Å². The Labute approximate surface area is 195 Å². The van der Waals surface area contributed by atoms with E-state index in [4.69, 9.17) is 5.73 Å². The second-order valence-electron chi connectivity index (χ2n) is 8.51. The van der Waals surface area contributed by atoms with Gasteiger partial charge in [-0.25, -0.2) is 8.42 Å². The van der Waals surface area contributed by atoms with Gasteiger partial charge >= 0.3 is 0 Å². The van der Waals surface area contributed by atoms with Crippen LogP contribution in [0.2, 0.25) is 0 Å². The number of sulfonamides is 1. The van der Waals surface area contributed by atoms with Gasteiger partial charge in [-0.1, -0.05) is 89.7 Å². The zero-order valence-electron chi connectivity index (χ0n) is 19.8. The minimum absolute atomic E-state index is 0.199. The van der Waals surface area contributed by atoms with Gasteiger partial charge in [-0.15, -0.1) is 0 Å². The van der Waals surface area contributed by atoms with E-state index in [9.17, 15) is 18.5 Å². The third-order valence-electron chi connectivity index (χ3n) is 5.80. The van der Waals surface area contributed by atoms with Crippen LogP contribution < -0.4 is 5.73 Å². The maximum Gasteiger partial charge on any atom is 0.289 e. The summed E-state index contributed by atoms with van der Waals surface area (Å²) in [5, 5.41) is 11.4. The van der Waals surface area contributed by atoms with Gasteiger partial charge in [0.15, 0.2) is 4.90 Å². The summed E-state index contributed by atoms with van der Waals surface area (Å²) in [4.78, 5) is 10.6.